The van der Waals surface area contributed by atoms with Crippen LogP contribution in [0.25, 0.3) is 0 Å². The standard InChI is InChI=1S/C18H23ClNO2P/c1-13-6-9-15(19)12-17(13)20-23(5,21)22-16-10-7-14(8-11-16)18(2,3)4/h6-12H,1-5H3,(H,20,21)/t23-/m0/s1. The van der Waals surface area contributed by atoms with Crippen LogP contribution in [0.5, 0.6) is 5.75 Å². The largest absolute Gasteiger partial charge is 0.429 e. The third-order valence-corrected chi connectivity index (χ3v) is 4.96. The predicted octanol–water partition coefficient (Wildman–Crippen LogP) is 6.26. The van der Waals surface area contributed by atoms with Crippen molar-refractivity contribution in [2.45, 2.75) is 33.1 Å². The van der Waals surface area contributed by atoms with Gasteiger partial charge in [0.2, 0.25) is 0 Å². The highest BCUT2D eigenvalue weighted by molar-refractivity contribution is 7.60. The first-order valence-corrected chi connectivity index (χ1v) is 9.94. The summed E-state index contributed by atoms with van der Waals surface area (Å²) in [4.78, 5) is 0. The number of halogens is 1. The Bertz CT molecular complexity index is 736. The van der Waals surface area contributed by atoms with E-state index >= 15 is 0 Å². The maximum absolute atomic E-state index is 12.7. The third-order valence-electron chi connectivity index (χ3n) is 3.52. The van der Waals surface area contributed by atoms with Crippen LogP contribution in [0.3, 0.4) is 0 Å². The number of rotatable bonds is 4. The molecule has 0 unspecified atom stereocenters. The molecular weight excluding hydrogens is 329 g/mol. The topological polar surface area (TPSA) is 38.3 Å². The van der Waals surface area contributed by atoms with Crippen LogP contribution >= 0.6 is 19.1 Å². The van der Waals surface area contributed by atoms with E-state index in [9.17, 15) is 4.57 Å². The Balaban J connectivity index is 2.15. The molecule has 2 aromatic rings. The minimum absolute atomic E-state index is 0.0740. The zero-order valence-corrected chi connectivity index (χ0v) is 15.8. The van der Waals surface area contributed by atoms with Crippen molar-refractivity contribution in [1.82, 2.24) is 0 Å². The lowest BCUT2D eigenvalue weighted by Crippen LogP contribution is -2.10. The minimum atomic E-state index is -3.05. The number of aryl methyl sites for hydroxylation is 1. The molecule has 0 aliphatic carbocycles. The Labute approximate surface area is 143 Å². The number of anilines is 1. The lowest BCUT2D eigenvalue weighted by molar-refractivity contribution is 0.493. The molecule has 1 N–H and O–H groups in total. The molecule has 124 valence electrons. The van der Waals surface area contributed by atoms with Crippen LogP contribution in [-0.4, -0.2) is 6.66 Å². The first kappa shape index (κ1) is 17.9. The van der Waals surface area contributed by atoms with Crippen molar-refractivity contribution in [2.75, 3.05) is 11.8 Å². The van der Waals surface area contributed by atoms with E-state index < -0.39 is 7.52 Å². The van der Waals surface area contributed by atoms with Crippen molar-refractivity contribution in [3.63, 3.8) is 0 Å². The summed E-state index contributed by atoms with van der Waals surface area (Å²) in [5, 5.41) is 3.56. The van der Waals surface area contributed by atoms with Gasteiger partial charge in [0.25, 0.3) is 0 Å². The van der Waals surface area contributed by atoms with Crippen molar-refractivity contribution in [1.29, 1.82) is 0 Å². The minimum Gasteiger partial charge on any atom is -0.429 e. The molecule has 3 nitrogen and oxygen atoms in total. The van der Waals surface area contributed by atoms with Gasteiger partial charge in [0.1, 0.15) is 5.75 Å². The number of benzene rings is 2. The van der Waals surface area contributed by atoms with Crippen LogP contribution < -0.4 is 9.61 Å². The summed E-state index contributed by atoms with van der Waals surface area (Å²) in [5.41, 5.74) is 2.96. The summed E-state index contributed by atoms with van der Waals surface area (Å²) in [6.45, 7) is 9.94. The summed E-state index contributed by atoms with van der Waals surface area (Å²) in [5.74, 6) is 0.580. The Hall–Kier alpha value is -1.44. The van der Waals surface area contributed by atoms with Crippen molar-refractivity contribution in [3.8, 4) is 5.75 Å². The van der Waals surface area contributed by atoms with E-state index in [-0.39, 0.29) is 5.41 Å². The monoisotopic (exact) mass is 351 g/mol. The lowest BCUT2D eigenvalue weighted by atomic mass is 9.87. The molecule has 0 amide bonds. The van der Waals surface area contributed by atoms with Crippen LogP contribution in [-0.2, 0) is 9.98 Å². The number of hydrogen-bond donors (Lipinski definition) is 1. The lowest BCUT2D eigenvalue weighted by Gasteiger charge is -2.21. The zero-order chi connectivity index (χ0) is 17.3. The Kier molecular flexibility index (Phi) is 5.13. The fraction of sp³-hybridized carbons (Fsp3) is 0.333. The van der Waals surface area contributed by atoms with E-state index in [1.165, 1.54) is 5.56 Å². The second-order valence-corrected chi connectivity index (χ2v) is 9.32. The molecular formula is C18H23ClNO2P. The number of hydrogen-bond acceptors (Lipinski definition) is 2. The molecule has 5 heteroatoms. The molecule has 0 fully saturated rings. The molecule has 2 aromatic carbocycles. The molecule has 0 aliphatic rings. The van der Waals surface area contributed by atoms with E-state index in [1.807, 2.05) is 37.3 Å². The molecule has 1 atom stereocenters. The molecule has 0 spiro atoms. The molecule has 0 radical (unpaired) electrons. The highest BCUT2D eigenvalue weighted by Gasteiger charge is 2.19. The van der Waals surface area contributed by atoms with Crippen LogP contribution in [0.1, 0.15) is 31.9 Å². The van der Waals surface area contributed by atoms with Gasteiger partial charge >= 0.3 is 7.52 Å². The average molecular weight is 352 g/mol. The number of nitrogens with one attached hydrogen (secondary N) is 1. The van der Waals surface area contributed by atoms with Crippen molar-refractivity contribution < 1.29 is 9.09 Å². The second-order valence-electron chi connectivity index (χ2n) is 6.78. The van der Waals surface area contributed by atoms with Gasteiger partial charge in [-0.1, -0.05) is 50.6 Å². The Morgan fingerprint density at radius 3 is 2.26 bits per heavy atom. The fourth-order valence-corrected chi connectivity index (χ4v) is 3.59. The molecule has 2 rings (SSSR count). The molecule has 0 saturated heterocycles. The van der Waals surface area contributed by atoms with Gasteiger partial charge in [-0.25, -0.2) is 0 Å². The Morgan fingerprint density at radius 1 is 1.09 bits per heavy atom. The normalized spacial score (nSPS) is 14.2. The van der Waals surface area contributed by atoms with E-state index in [4.69, 9.17) is 16.1 Å². The van der Waals surface area contributed by atoms with E-state index in [0.29, 0.717) is 10.8 Å². The molecule has 0 aromatic heterocycles. The Morgan fingerprint density at radius 2 is 1.70 bits per heavy atom. The second kappa shape index (κ2) is 6.59. The average Bonchev–Trinajstić information content (AvgIpc) is 2.41. The van der Waals surface area contributed by atoms with Crippen molar-refractivity contribution in [2.24, 2.45) is 0 Å². The van der Waals surface area contributed by atoms with Crippen LogP contribution in [0.15, 0.2) is 42.5 Å². The smallest absolute Gasteiger partial charge is 0.338 e. The highest BCUT2D eigenvalue weighted by Crippen LogP contribution is 2.44. The quantitative estimate of drug-likeness (QED) is 0.660. The van der Waals surface area contributed by atoms with E-state index in [1.54, 1.807) is 18.8 Å². The maximum atomic E-state index is 12.7. The molecule has 0 bridgehead atoms. The summed E-state index contributed by atoms with van der Waals surface area (Å²) in [6, 6.07) is 13.1. The van der Waals surface area contributed by atoms with E-state index in [2.05, 4.69) is 25.9 Å². The van der Waals surface area contributed by atoms with Crippen molar-refractivity contribution >= 4 is 24.8 Å². The van der Waals surface area contributed by atoms with Crippen LogP contribution in [0.2, 0.25) is 5.02 Å². The third kappa shape index (κ3) is 5.02. The maximum Gasteiger partial charge on any atom is 0.338 e. The summed E-state index contributed by atoms with van der Waals surface area (Å²) in [7, 11) is -3.05. The zero-order valence-electron chi connectivity index (χ0n) is 14.2. The van der Waals surface area contributed by atoms with Gasteiger partial charge in [-0.15, -0.1) is 0 Å². The van der Waals surface area contributed by atoms with Crippen LogP contribution in [0.4, 0.5) is 5.69 Å². The summed E-state index contributed by atoms with van der Waals surface area (Å²) in [6.07, 6.45) is 0. The molecule has 0 aliphatic heterocycles. The summed E-state index contributed by atoms with van der Waals surface area (Å²) < 4.78 is 18.4. The van der Waals surface area contributed by atoms with Gasteiger partial charge in [0, 0.05) is 17.4 Å². The first-order valence-electron chi connectivity index (χ1n) is 7.49. The van der Waals surface area contributed by atoms with Gasteiger partial charge in [0.15, 0.2) is 0 Å². The SMILES string of the molecule is Cc1ccc(Cl)cc1N[P@@](C)(=O)Oc1ccc(C(C)(C)C)cc1. The molecule has 23 heavy (non-hydrogen) atoms. The molecule has 0 saturated carbocycles. The molecule has 0 heterocycles. The fourth-order valence-electron chi connectivity index (χ4n) is 2.17. The van der Waals surface area contributed by atoms with Gasteiger partial charge < -0.3 is 9.61 Å². The van der Waals surface area contributed by atoms with Gasteiger partial charge in [0.05, 0.1) is 0 Å². The van der Waals surface area contributed by atoms with Crippen molar-refractivity contribution in [3.05, 3.63) is 58.6 Å². The predicted molar refractivity (Wildman–Crippen MR) is 99.1 cm³/mol. The van der Waals surface area contributed by atoms with Gasteiger partial charge in [-0.2, -0.15) is 0 Å². The van der Waals surface area contributed by atoms with Crippen LogP contribution in [0, 0.1) is 6.92 Å². The van der Waals surface area contributed by atoms with Gasteiger partial charge in [-0.3, -0.25) is 4.57 Å². The summed E-state index contributed by atoms with van der Waals surface area (Å²) >= 11 is 6.00. The van der Waals surface area contributed by atoms with E-state index in [0.717, 1.165) is 11.3 Å². The first-order chi connectivity index (χ1) is 10.6. The van der Waals surface area contributed by atoms with Gasteiger partial charge in [-0.05, 0) is 47.7 Å². The highest BCUT2D eigenvalue weighted by atomic mass is 35.5.